The number of rotatable bonds is 8. The summed E-state index contributed by atoms with van der Waals surface area (Å²) >= 11 is 0. The largest absolute Gasteiger partial charge is 0.496 e. The number of carbonyl (C=O) groups is 1. The van der Waals surface area contributed by atoms with E-state index in [0.29, 0.717) is 23.7 Å². The Bertz CT molecular complexity index is 866. The molecule has 9 nitrogen and oxygen atoms in total. The van der Waals surface area contributed by atoms with Gasteiger partial charge in [0.2, 0.25) is 0 Å². The second-order valence-corrected chi connectivity index (χ2v) is 5.18. The molecule has 0 spiro atoms. The van der Waals surface area contributed by atoms with Gasteiger partial charge in [0.25, 0.3) is 11.6 Å². The predicted octanol–water partition coefficient (Wildman–Crippen LogP) is 2.77. The zero-order chi connectivity index (χ0) is 19.8. The Kier molecular flexibility index (Phi) is 6.70. The van der Waals surface area contributed by atoms with Gasteiger partial charge >= 0.3 is 0 Å². The smallest absolute Gasteiger partial charge is 0.275 e. The average molecular weight is 373 g/mol. The van der Waals surface area contributed by atoms with Gasteiger partial charge in [0.05, 0.1) is 37.5 Å². The minimum absolute atomic E-state index is 0.00752. The molecule has 1 N–H and O–H groups in total. The van der Waals surface area contributed by atoms with Crippen LogP contribution in [0.3, 0.4) is 0 Å². The summed E-state index contributed by atoms with van der Waals surface area (Å²) in [6.45, 7) is 2.37. The van der Waals surface area contributed by atoms with Gasteiger partial charge in [-0.1, -0.05) is 0 Å². The molecular weight excluding hydrogens is 354 g/mol. The lowest BCUT2D eigenvalue weighted by atomic mass is 10.1. The number of nitrogens with zero attached hydrogens (tertiary/aromatic N) is 2. The third kappa shape index (κ3) is 4.94. The summed E-state index contributed by atoms with van der Waals surface area (Å²) in [5.41, 5.74) is 2.78. The molecule has 0 aliphatic carbocycles. The van der Waals surface area contributed by atoms with Gasteiger partial charge in [-0.2, -0.15) is 5.10 Å². The van der Waals surface area contributed by atoms with Gasteiger partial charge in [-0.3, -0.25) is 14.9 Å². The van der Waals surface area contributed by atoms with Gasteiger partial charge < -0.3 is 14.2 Å². The van der Waals surface area contributed by atoms with Crippen molar-refractivity contribution >= 4 is 17.8 Å². The number of nitro groups is 1. The second kappa shape index (κ2) is 9.18. The molecule has 1 amide bonds. The summed E-state index contributed by atoms with van der Waals surface area (Å²) < 4.78 is 15.7. The van der Waals surface area contributed by atoms with E-state index in [1.54, 1.807) is 18.2 Å². The topological polar surface area (TPSA) is 112 Å². The van der Waals surface area contributed by atoms with Crippen molar-refractivity contribution in [2.24, 2.45) is 5.10 Å². The van der Waals surface area contributed by atoms with E-state index in [1.807, 2.05) is 6.92 Å². The number of nitro benzene ring substituents is 1. The zero-order valence-corrected chi connectivity index (χ0v) is 15.1. The van der Waals surface area contributed by atoms with E-state index < -0.39 is 10.8 Å². The molecule has 0 heterocycles. The van der Waals surface area contributed by atoms with Gasteiger partial charge in [0.15, 0.2) is 11.5 Å². The minimum atomic E-state index is -0.635. The summed E-state index contributed by atoms with van der Waals surface area (Å²) in [5, 5.41) is 14.8. The van der Waals surface area contributed by atoms with Gasteiger partial charge in [-0.25, -0.2) is 5.43 Å². The fourth-order valence-electron chi connectivity index (χ4n) is 2.25. The lowest BCUT2D eigenvalue weighted by Gasteiger charge is -2.09. The van der Waals surface area contributed by atoms with Crippen LogP contribution < -0.4 is 19.6 Å². The van der Waals surface area contributed by atoms with E-state index in [2.05, 4.69) is 10.5 Å². The first kappa shape index (κ1) is 19.7. The van der Waals surface area contributed by atoms with Crippen LogP contribution in [0.4, 0.5) is 5.69 Å². The molecule has 27 heavy (non-hydrogen) atoms. The Morgan fingerprint density at radius 1 is 1.15 bits per heavy atom. The molecule has 2 rings (SSSR count). The van der Waals surface area contributed by atoms with Crippen LogP contribution in [0.5, 0.6) is 17.2 Å². The number of benzene rings is 2. The molecule has 0 aliphatic rings. The van der Waals surface area contributed by atoms with Crippen LogP contribution in [-0.4, -0.2) is 37.9 Å². The second-order valence-electron chi connectivity index (χ2n) is 5.18. The van der Waals surface area contributed by atoms with Crippen molar-refractivity contribution in [1.82, 2.24) is 5.43 Å². The monoisotopic (exact) mass is 373 g/mol. The molecule has 0 bridgehead atoms. The number of amides is 1. The molecule has 0 atom stereocenters. The highest BCUT2D eigenvalue weighted by molar-refractivity contribution is 5.98. The van der Waals surface area contributed by atoms with Crippen LogP contribution >= 0.6 is 0 Å². The Balaban J connectivity index is 2.15. The van der Waals surface area contributed by atoms with Crippen molar-refractivity contribution in [3.05, 3.63) is 57.6 Å². The minimum Gasteiger partial charge on any atom is -0.496 e. The van der Waals surface area contributed by atoms with Crippen molar-refractivity contribution in [1.29, 1.82) is 0 Å². The summed E-state index contributed by atoms with van der Waals surface area (Å²) in [6, 6.07) is 8.92. The van der Waals surface area contributed by atoms with E-state index in [0.717, 1.165) is 6.07 Å². The number of methoxy groups -OCH3 is 2. The van der Waals surface area contributed by atoms with Crippen LogP contribution in [-0.2, 0) is 0 Å². The first-order chi connectivity index (χ1) is 13.0. The highest BCUT2D eigenvalue weighted by atomic mass is 16.6. The summed E-state index contributed by atoms with van der Waals surface area (Å²) in [4.78, 5) is 22.6. The Morgan fingerprint density at radius 2 is 1.85 bits per heavy atom. The molecule has 0 radical (unpaired) electrons. The Labute approximate surface area is 155 Å². The number of non-ortho nitro benzene ring substituents is 1. The van der Waals surface area contributed by atoms with Crippen molar-refractivity contribution in [3.63, 3.8) is 0 Å². The third-order valence-corrected chi connectivity index (χ3v) is 3.51. The highest BCUT2D eigenvalue weighted by Crippen LogP contribution is 2.27. The third-order valence-electron chi connectivity index (χ3n) is 3.51. The first-order valence-electron chi connectivity index (χ1n) is 7.96. The molecule has 142 valence electrons. The van der Waals surface area contributed by atoms with E-state index in [1.165, 1.54) is 32.6 Å². The number of nitrogens with one attached hydrogen (secondary N) is 1. The molecular formula is C18H19N3O6. The molecule has 2 aromatic rings. The SMILES string of the molecule is CCOc1ccc(/C=N\NC(=O)c2cc([N+](=O)[O-])ccc2OC)cc1OC. The van der Waals surface area contributed by atoms with Crippen molar-refractivity contribution in [3.8, 4) is 17.2 Å². The number of hydrogen-bond acceptors (Lipinski definition) is 7. The van der Waals surface area contributed by atoms with Crippen LogP contribution in [0.15, 0.2) is 41.5 Å². The Hall–Kier alpha value is -3.62. The summed E-state index contributed by atoms with van der Waals surface area (Å²) in [7, 11) is 2.89. The van der Waals surface area contributed by atoms with Crippen LogP contribution in [0.2, 0.25) is 0 Å². The predicted molar refractivity (Wildman–Crippen MR) is 98.9 cm³/mol. The molecule has 0 saturated carbocycles. The van der Waals surface area contributed by atoms with Gasteiger partial charge in [0.1, 0.15) is 5.75 Å². The maximum Gasteiger partial charge on any atom is 0.275 e. The van der Waals surface area contributed by atoms with Gasteiger partial charge in [-0.15, -0.1) is 0 Å². The lowest BCUT2D eigenvalue weighted by Crippen LogP contribution is -2.18. The first-order valence-corrected chi connectivity index (χ1v) is 7.96. The standard InChI is InChI=1S/C18H19N3O6/c1-4-27-16-7-5-12(9-17(16)26-3)11-19-20-18(22)14-10-13(21(23)24)6-8-15(14)25-2/h5-11H,4H2,1-3H3,(H,20,22)/b19-11-. The van der Waals surface area contributed by atoms with Crippen molar-refractivity contribution in [2.45, 2.75) is 6.92 Å². The lowest BCUT2D eigenvalue weighted by molar-refractivity contribution is -0.384. The van der Waals surface area contributed by atoms with Gasteiger partial charge in [0, 0.05) is 12.1 Å². The van der Waals surface area contributed by atoms with Crippen LogP contribution in [0.25, 0.3) is 0 Å². The summed E-state index contributed by atoms with van der Waals surface area (Å²) in [5.74, 6) is 0.704. The number of carbonyl (C=O) groups excluding carboxylic acids is 1. The number of hydrazone groups is 1. The fourth-order valence-corrected chi connectivity index (χ4v) is 2.25. The average Bonchev–Trinajstić information content (AvgIpc) is 2.68. The normalized spacial score (nSPS) is 10.5. The zero-order valence-electron chi connectivity index (χ0n) is 15.1. The van der Waals surface area contributed by atoms with E-state index >= 15 is 0 Å². The molecule has 0 unspecified atom stereocenters. The number of hydrogen-bond donors (Lipinski definition) is 1. The van der Waals surface area contributed by atoms with Crippen molar-refractivity contribution < 1.29 is 23.9 Å². The van der Waals surface area contributed by atoms with Crippen molar-refractivity contribution in [2.75, 3.05) is 20.8 Å². The van der Waals surface area contributed by atoms with E-state index in [4.69, 9.17) is 14.2 Å². The molecule has 0 saturated heterocycles. The van der Waals surface area contributed by atoms with Gasteiger partial charge in [-0.05, 0) is 36.8 Å². The Morgan fingerprint density at radius 3 is 2.48 bits per heavy atom. The number of ether oxygens (including phenoxy) is 3. The summed E-state index contributed by atoms with van der Waals surface area (Å²) in [6.07, 6.45) is 1.42. The quantitative estimate of drug-likeness (QED) is 0.432. The van der Waals surface area contributed by atoms with Crippen LogP contribution in [0.1, 0.15) is 22.8 Å². The van der Waals surface area contributed by atoms with E-state index in [-0.39, 0.29) is 17.0 Å². The molecule has 0 aromatic heterocycles. The molecule has 9 heteroatoms. The molecule has 2 aromatic carbocycles. The highest BCUT2D eigenvalue weighted by Gasteiger charge is 2.17. The molecule has 0 aliphatic heterocycles. The van der Waals surface area contributed by atoms with Crippen LogP contribution in [0, 0.1) is 10.1 Å². The maximum absolute atomic E-state index is 12.3. The van der Waals surface area contributed by atoms with E-state index in [9.17, 15) is 14.9 Å². The maximum atomic E-state index is 12.3. The fraction of sp³-hybridized carbons (Fsp3) is 0.222. The molecule has 0 fully saturated rings.